The normalized spacial score (nSPS) is 22.8. The summed E-state index contributed by atoms with van der Waals surface area (Å²) in [7, 11) is 0. The van der Waals surface area contributed by atoms with Crippen LogP contribution in [0.3, 0.4) is 0 Å². The van der Waals surface area contributed by atoms with Gasteiger partial charge in [-0.15, -0.1) is 0 Å². The predicted molar refractivity (Wildman–Crippen MR) is 70.6 cm³/mol. The van der Waals surface area contributed by atoms with E-state index in [-0.39, 0.29) is 5.15 Å². The maximum Gasteiger partial charge on any atom is 0.341 e. The Morgan fingerprint density at radius 2 is 2.28 bits per heavy atom. The van der Waals surface area contributed by atoms with Crippen LogP contribution in [0.25, 0.3) is 0 Å². The first-order valence-electron chi connectivity index (χ1n) is 6.11. The summed E-state index contributed by atoms with van der Waals surface area (Å²) in [6, 6.07) is 3.30. The molecule has 0 aliphatic heterocycles. The molecule has 0 amide bonds. The van der Waals surface area contributed by atoms with E-state index < -0.39 is 5.97 Å². The average Bonchev–Trinajstić information content (AvgIpc) is 2.38. The number of halogens is 1. The molecular weight excluding hydrogens is 250 g/mol. The SMILES string of the molecule is CC1CC=CCC1COC(=O)c1cccnc1Cl. The Labute approximate surface area is 112 Å². The van der Waals surface area contributed by atoms with Gasteiger partial charge in [-0.05, 0) is 36.8 Å². The predicted octanol–water partition coefficient (Wildman–Crippen LogP) is 3.49. The van der Waals surface area contributed by atoms with E-state index >= 15 is 0 Å². The molecular formula is C14H16ClNO2. The van der Waals surface area contributed by atoms with Crippen LogP contribution < -0.4 is 0 Å². The second-order valence-electron chi connectivity index (χ2n) is 4.62. The highest BCUT2D eigenvalue weighted by Crippen LogP contribution is 2.25. The van der Waals surface area contributed by atoms with E-state index in [1.165, 1.54) is 0 Å². The molecule has 1 aliphatic carbocycles. The second kappa shape index (κ2) is 6.01. The van der Waals surface area contributed by atoms with E-state index in [0.29, 0.717) is 24.0 Å². The van der Waals surface area contributed by atoms with E-state index in [0.717, 1.165) is 12.8 Å². The summed E-state index contributed by atoms with van der Waals surface area (Å²) in [5, 5.41) is 0.194. The molecule has 2 atom stereocenters. The van der Waals surface area contributed by atoms with E-state index in [9.17, 15) is 4.79 Å². The summed E-state index contributed by atoms with van der Waals surface area (Å²) >= 11 is 5.85. The van der Waals surface area contributed by atoms with Crippen LogP contribution >= 0.6 is 11.6 Å². The molecule has 2 unspecified atom stereocenters. The monoisotopic (exact) mass is 265 g/mol. The molecule has 0 saturated heterocycles. The Hall–Kier alpha value is -1.35. The molecule has 4 heteroatoms. The number of pyridine rings is 1. The van der Waals surface area contributed by atoms with E-state index in [1.807, 2.05) is 0 Å². The first kappa shape index (κ1) is 13.1. The third-order valence-electron chi connectivity index (χ3n) is 3.33. The molecule has 0 bridgehead atoms. The molecule has 0 saturated carbocycles. The fourth-order valence-electron chi connectivity index (χ4n) is 2.04. The van der Waals surface area contributed by atoms with Crippen LogP contribution in [0.1, 0.15) is 30.1 Å². The third kappa shape index (κ3) is 3.10. The molecule has 18 heavy (non-hydrogen) atoms. The van der Waals surface area contributed by atoms with Crippen LogP contribution in [0.15, 0.2) is 30.5 Å². The lowest BCUT2D eigenvalue weighted by Gasteiger charge is -2.24. The molecule has 1 aliphatic rings. The van der Waals surface area contributed by atoms with E-state index in [1.54, 1.807) is 18.3 Å². The van der Waals surface area contributed by atoms with Gasteiger partial charge in [0, 0.05) is 6.20 Å². The zero-order chi connectivity index (χ0) is 13.0. The number of hydrogen-bond donors (Lipinski definition) is 0. The van der Waals surface area contributed by atoms with Gasteiger partial charge >= 0.3 is 5.97 Å². The van der Waals surface area contributed by atoms with Gasteiger partial charge in [0.05, 0.1) is 12.2 Å². The van der Waals surface area contributed by atoms with Crippen molar-refractivity contribution in [2.75, 3.05) is 6.61 Å². The fourth-order valence-corrected chi connectivity index (χ4v) is 2.23. The van der Waals surface area contributed by atoms with Gasteiger partial charge in [-0.25, -0.2) is 9.78 Å². The number of allylic oxidation sites excluding steroid dienone is 2. The highest BCUT2D eigenvalue weighted by molar-refractivity contribution is 6.32. The quantitative estimate of drug-likeness (QED) is 0.477. The van der Waals surface area contributed by atoms with Gasteiger partial charge in [0.25, 0.3) is 0 Å². The van der Waals surface area contributed by atoms with Crippen LogP contribution in [0.2, 0.25) is 5.15 Å². The number of esters is 1. The van der Waals surface area contributed by atoms with Gasteiger partial charge in [-0.3, -0.25) is 0 Å². The van der Waals surface area contributed by atoms with Crippen LogP contribution in [0, 0.1) is 11.8 Å². The van der Waals surface area contributed by atoms with Crippen molar-refractivity contribution in [1.82, 2.24) is 4.98 Å². The number of hydrogen-bond acceptors (Lipinski definition) is 3. The first-order valence-corrected chi connectivity index (χ1v) is 6.49. The first-order chi connectivity index (χ1) is 8.68. The lowest BCUT2D eigenvalue weighted by atomic mass is 9.85. The Balaban J connectivity index is 1.92. The molecule has 0 N–H and O–H groups in total. The standard InChI is InChI=1S/C14H16ClNO2/c1-10-5-2-3-6-11(10)9-18-14(17)12-7-4-8-16-13(12)15/h2-4,7-8,10-11H,5-6,9H2,1H3. The molecule has 1 aromatic heterocycles. The average molecular weight is 266 g/mol. The number of rotatable bonds is 3. The van der Waals surface area contributed by atoms with Crippen LogP contribution in [0.5, 0.6) is 0 Å². The molecule has 0 spiro atoms. The molecule has 3 nitrogen and oxygen atoms in total. The van der Waals surface area contributed by atoms with Crippen LogP contribution in [-0.2, 0) is 4.74 Å². The molecule has 0 fully saturated rings. The van der Waals surface area contributed by atoms with Gasteiger partial charge in [0.1, 0.15) is 5.15 Å². The third-order valence-corrected chi connectivity index (χ3v) is 3.63. The summed E-state index contributed by atoms with van der Waals surface area (Å²) in [4.78, 5) is 15.7. The van der Waals surface area contributed by atoms with Crippen molar-refractivity contribution in [3.05, 3.63) is 41.2 Å². The molecule has 1 aromatic rings. The van der Waals surface area contributed by atoms with Crippen molar-refractivity contribution in [2.45, 2.75) is 19.8 Å². The minimum Gasteiger partial charge on any atom is -0.462 e. The zero-order valence-electron chi connectivity index (χ0n) is 10.3. The van der Waals surface area contributed by atoms with Crippen LogP contribution in [0.4, 0.5) is 0 Å². The summed E-state index contributed by atoms with van der Waals surface area (Å²) in [6.45, 7) is 2.62. The number of nitrogens with zero attached hydrogens (tertiary/aromatic N) is 1. The number of ether oxygens (including phenoxy) is 1. The topological polar surface area (TPSA) is 39.2 Å². The lowest BCUT2D eigenvalue weighted by Crippen LogP contribution is -2.21. The van der Waals surface area contributed by atoms with Gasteiger partial charge < -0.3 is 4.74 Å². The van der Waals surface area contributed by atoms with Crippen molar-refractivity contribution < 1.29 is 9.53 Å². The van der Waals surface area contributed by atoms with Gasteiger partial charge in [0.2, 0.25) is 0 Å². The lowest BCUT2D eigenvalue weighted by molar-refractivity contribution is 0.0395. The largest absolute Gasteiger partial charge is 0.462 e. The summed E-state index contributed by atoms with van der Waals surface area (Å²) in [6.07, 6.45) is 7.90. The molecule has 0 aromatic carbocycles. The fraction of sp³-hybridized carbons (Fsp3) is 0.429. The number of aromatic nitrogens is 1. The minimum absolute atomic E-state index is 0.194. The van der Waals surface area contributed by atoms with E-state index in [2.05, 4.69) is 24.1 Å². The Morgan fingerprint density at radius 1 is 1.50 bits per heavy atom. The smallest absolute Gasteiger partial charge is 0.341 e. The Kier molecular flexibility index (Phi) is 4.37. The molecule has 1 heterocycles. The summed E-state index contributed by atoms with van der Waals surface area (Å²) in [5.74, 6) is 0.552. The second-order valence-corrected chi connectivity index (χ2v) is 4.98. The molecule has 0 radical (unpaired) electrons. The number of carbonyl (C=O) groups is 1. The highest BCUT2D eigenvalue weighted by atomic mass is 35.5. The van der Waals surface area contributed by atoms with Crippen molar-refractivity contribution >= 4 is 17.6 Å². The molecule has 96 valence electrons. The van der Waals surface area contributed by atoms with Crippen molar-refractivity contribution in [3.8, 4) is 0 Å². The van der Waals surface area contributed by atoms with Crippen LogP contribution in [-0.4, -0.2) is 17.6 Å². The summed E-state index contributed by atoms with van der Waals surface area (Å²) < 4.78 is 5.32. The Bertz CT molecular complexity index is 459. The van der Waals surface area contributed by atoms with Gasteiger partial charge in [-0.2, -0.15) is 0 Å². The molecule has 2 rings (SSSR count). The maximum absolute atomic E-state index is 11.9. The van der Waals surface area contributed by atoms with Crippen molar-refractivity contribution in [1.29, 1.82) is 0 Å². The van der Waals surface area contributed by atoms with E-state index in [4.69, 9.17) is 16.3 Å². The Morgan fingerprint density at radius 3 is 3.00 bits per heavy atom. The highest BCUT2D eigenvalue weighted by Gasteiger charge is 2.21. The van der Waals surface area contributed by atoms with Crippen molar-refractivity contribution in [2.24, 2.45) is 11.8 Å². The minimum atomic E-state index is -0.394. The summed E-state index contributed by atoms with van der Waals surface area (Å²) in [5.41, 5.74) is 0.332. The zero-order valence-corrected chi connectivity index (χ0v) is 11.1. The van der Waals surface area contributed by atoms with Crippen molar-refractivity contribution in [3.63, 3.8) is 0 Å². The van der Waals surface area contributed by atoms with Gasteiger partial charge in [-0.1, -0.05) is 30.7 Å². The van der Waals surface area contributed by atoms with Gasteiger partial charge in [0.15, 0.2) is 0 Å². The number of carbonyl (C=O) groups excluding carboxylic acids is 1. The maximum atomic E-state index is 11.9.